The lowest BCUT2D eigenvalue weighted by molar-refractivity contribution is 0.483. The van der Waals surface area contributed by atoms with E-state index in [9.17, 15) is 8.42 Å². The van der Waals surface area contributed by atoms with Crippen molar-refractivity contribution in [3.8, 4) is 0 Å². The molecule has 2 aromatic carbocycles. The third kappa shape index (κ3) is 3.22. The molecule has 0 unspecified atom stereocenters. The van der Waals surface area contributed by atoms with Crippen molar-refractivity contribution in [1.29, 1.82) is 0 Å². The minimum Gasteiger partial charge on any atom is -0.282 e. The van der Waals surface area contributed by atoms with Crippen LogP contribution in [0.2, 0.25) is 0 Å². The molecule has 0 saturated heterocycles. The summed E-state index contributed by atoms with van der Waals surface area (Å²) in [4.78, 5) is -0.166. The van der Waals surface area contributed by atoms with Gasteiger partial charge in [0.2, 0.25) is 0 Å². The van der Waals surface area contributed by atoms with Crippen LogP contribution in [0.3, 0.4) is 0 Å². The van der Waals surface area contributed by atoms with Gasteiger partial charge in [0.25, 0.3) is 10.1 Å². The third-order valence-electron chi connectivity index (χ3n) is 2.17. The van der Waals surface area contributed by atoms with Crippen LogP contribution in [0.25, 0.3) is 0 Å². The van der Waals surface area contributed by atoms with Gasteiger partial charge in [-0.1, -0.05) is 18.2 Å². The molecule has 1 N–H and O–H groups in total. The fourth-order valence-electron chi connectivity index (χ4n) is 1.29. The van der Waals surface area contributed by atoms with Crippen molar-refractivity contribution >= 4 is 21.5 Å². The van der Waals surface area contributed by atoms with Gasteiger partial charge in [0.05, 0.1) is 16.3 Å². The van der Waals surface area contributed by atoms with Gasteiger partial charge in [-0.2, -0.15) is 18.6 Å². The predicted molar refractivity (Wildman–Crippen MR) is 66.9 cm³/mol. The average Bonchev–Trinajstić information content (AvgIpc) is 2.37. The zero-order valence-corrected chi connectivity index (χ0v) is 10.1. The van der Waals surface area contributed by atoms with E-state index in [4.69, 9.17) is 4.55 Å². The molecular formula is C12H10N2O3S. The van der Waals surface area contributed by atoms with E-state index in [1.165, 1.54) is 24.3 Å². The molecule has 0 radical (unpaired) electrons. The molecule has 0 aliphatic heterocycles. The van der Waals surface area contributed by atoms with E-state index in [1.807, 2.05) is 18.2 Å². The zero-order valence-electron chi connectivity index (χ0n) is 9.26. The lowest BCUT2D eigenvalue weighted by atomic mass is 10.3. The number of nitrogens with zero attached hydrogens (tertiary/aromatic N) is 2. The Morgan fingerprint density at radius 3 is 1.78 bits per heavy atom. The summed E-state index contributed by atoms with van der Waals surface area (Å²) in [6.07, 6.45) is 0. The van der Waals surface area contributed by atoms with Crippen molar-refractivity contribution < 1.29 is 13.0 Å². The molecule has 0 amide bonds. The molecule has 0 atom stereocenters. The van der Waals surface area contributed by atoms with Crippen molar-refractivity contribution in [2.24, 2.45) is 10.2 Å². The van der Waals surface area contributed by atoms with Crippen molar-refractivity contribution in [2.75, 3.05) is 0 Å². The van der Waals surface area contributed by atoms with Crippen molar-refractivity contribution in [1.82, 2.24) is 0 Å². The molecule has 2 rings (SSSR count). The highest BCUT2D eigenvalue weighted by molar-refractivity contribution is 7.85. The van der Waals surface area contributed by atoms with Crippen LogP contribution in [-0.2, 0) is 10.1 Å². The second-order valence-electron chi connectivity index (χ2n) is 3.50. The minimum atomic E-state index is -4.16. The molecule has 0 aliphatic carbocycles. The van der Waals surface area contributed by atoms with E-state index in [-0.39, 0.29) is 4.90 Å². The van der Waals surface area contributed by atoms with Gasteiger partial charge in [-0.25, -0.2) is 0 Å². The maximum atomic E-state index is 10.8. The number of benzene rings is 2. The average molecular weight is 262 g/mol. The number of hydrogen-bond acceptors (Lipinski definition) is 4. The largest absolute Gasteiger partial charge is 0.294 e. The Hall–Kier alpha value is -2.05. The molecule has 2 aromatic rings. The maximum absolute atomic E-state index is 10.8. The Morgan fingerprint density at radius 1 is 0.778 bits per heavy atom. The van der Waals surface area contributed by atoms with E-state index < -0.39 is 10.1 Å². The smallest absolute Gasteiger partial charge is 0.282 e. The molecule has 5 nitrogen and oxygen atoms in total. The molecule has 0 fully saturated rings. The molecule has 0 aromatic heterocycles. The van der Waals surface area contributed by atoms with Crippen LogP contribution in [0.15, 0.2) is 69.7 Å². The fourth-order valence-corrected chi connectivity index (χ4v) is 1.77. The van der Waals surface area contributed by atoms with Crippen molar-refractivity contribution in [3.05, 3.63) is 54.6 Å². The highest BCUT2D eigenvalue weighted by Gasteiger charge is 2.07. The minimum absolute atomic E-state index is 0.166. The van der Waals surface area contributed by atoms with Gasteiger partial charge in [-0.15, -0.1) is 0 Å². The topological polar surface area (TPSA) is 79.1 Å². The summed E-state index contributed by atoms with van der Waals surface area (Å²) < 4.78 is 30.5. The quantitative estimate of drug-likeness (QED) is 0.680. The summed E-state index contributed by atoms with van der Waals surface area (Å²) >= 11 is 0. The molecule has 92 valence electrons. The SMILES string of the molecule is O=S(=O)(O)c1ccc(/N=N/c2ccccc2)cc1. The van der Waals surface area contributed by atoms with Crippen LogP contribution in [-0.4, -0.2) is 13.0 Å². The standard InChI is InChI=1S/C12H10N2O3S/c15-18(16,17)12-8-6-11(7-9-12)14-13-10-4-2-1-3-5-10/h1-9H,(H,15,16,17)/b14-13+. The van der Waals surface area contributed by atoms with E-state index in [0.717, 1.165) is 0 Å². The fraction of sp³-hybridized carbons (Fsp3) is 0. The van der Waals surface area contributed by atoms with E-state index >= 15 is 0 Å². The summed E-state index contributed by atoms with van der Waals surface area (Å²) in [7, 11) is -4.16. The molecule has 0 heterocycles. The third-order valence-corrected chi connectivity index (χ3v) is 3.04. The van der Waals surface area contributed by atoms with Gasteiger partial charge in [-0.05, 0) is 36.4 Å². The summed E-state index contributed by atoms with van der Waals surface area (Å²) in [6, 6.07) is 14.6. The lowest BCUT2D eigenvalue weighted by Crippen LogP contribution is -1.96. The molecule has 6 heteroatoms. The van der Waals surface area contributed by atoms with Crippen molar-refractivity contribution in [3.63, 3.8) is 0 Å². The lowest BCUT2D eigenvalue weighted by Gasteiger charge is -1.96. The van der Waals surface area contributed by atoms with E-state index in [0.29, 0.717) is 11.4 Å². The Kier molecular flexibility index (Phi) is 3.50. The second kappa shape index (κ2) is 5.07. The van der Waals surface area contributed by atoms with Crippen LogP contribution in [0, 0.1) is 0 Å². The molecule has 0 saturated carbocycles. The van der Waals surface area contributed by atoms with Crippen LogP contribution >= 0.6 is 0 Å². The highest BCUT2D eigenvalue weighted by atomic mass is 32.2. The predicted octanol–water partition coefficient (Wildman–Crippen LogP) is 3.35. The van der Waals surface area contributed by atoms with Crippen LogP contribution in [0.4, 0.5) is 11.4 Å². The van der Waals surface area contributed by atoms with E-state index in [2.05, 4.69) is 10.2 Å². The van der Waals surface area contributed by atoms with Gasteiger partial charge >= 0.3 is 0 Å². The van der Waals surface area contributed by atoms with Crippen molar-refractivity contribution in [2.45, 2.75) is 4.90 Å². The first-order chi connectivity index (χ1) is 8.55. The first-order valence-corrected chi connectivity index (χ1v) is 6.54. The Morgan fingerprint density at radius 2 is 1.28 bits per heavy atom. The normalized spacial score (nSPS) is 11.8. The Bertz CT molecular complexity index is 649. The number of azo groups is 1. The monoisotopic (exact) mass is 262 g/mol. The maximum Gasteiger partial charge on any atom is 0.294 e. The Labute approximate surface area is 105 Å². The molecule has 0 bridgehead atoms. The van der Waals surface area contributed by atoms with Gasteiger partial charge in [0, 0.05) is 0 Å². The number of rotatable bonds is 3. The van der Waals surface area contributed by atoms with Crippen LogP contribution in [0.1, 0.15) is 0 Å². The summed E-state index contributed by atoms with van der Waals surface area (Å²) in [5.41, 5.74) is 1.21. The highest BCUT2D eigenvalue weighted by Crippen LogP contribution is 2.19. The van der Waals surface area contributed by atoms with Gasteiger partial charge in [-0.3, -0.25) is 4.55 Å². The first kappa shape index (κ1) is 12.4. The van der Waals surface area contributed by atoms with Gasteiger partial charge in [0.15, 0.2) is 0 Å². The zero-order chi connectivity index (χ0) is 13.0. The summed E-state index contributed by atoms with van der Waals surface area (Å²) in [6.45, 7) is 0. The molecular weight excluding hydrogens is 252 g/mol. The van der Waals surface area contributed by atoms with Crippen LogP contribution in [0.5, 0.6) is 0 Å². The number of hydrogen-bond donors (Lipinski definition) is 1. The van der Waals surface area contributed by atoms with Gasteiger partial charge in [0.1, 0.15) is 0 Å². The molecule has 0 aliphatic rings. The van der Waals surface area contributed by atoms with Gasteiger partial charge < -0.3 is 0 Å². The molecule has 0 spiro atoms. The second-order valence-corrected chi connectivity index (χ2v) is 4.93. The van der Waals surface area contributed by atoms with Crippen LogP contribution < -0.4 is 0 Å². The summed E-state index contributed by atoms with van der Waals surface area (Å²) in [5, 5.41) is 7.93. The molecule has 18 heavy (non-hydrogen) atoms. The summed E-state index contributed by atoms with van der Waals surface area (Å²) in [5.74, 6) is 0. The van der Waals surface area contributed by atoms with E-state index in [1.54, 1.807) is 12.1 Å². The Balaban J connectivity index is 2.19. The first-order valence-electron chi connectivity index (χ1n) is 5.10.